The second kappa shape index (κ2) is 9.49. The van der Waals surface area contributed by atoms with Gasteiger partial charge in [-0.2, -0.15) is 13.2 Å². The molecule has 0 radical (unpaired) electrons. The fourth-order valence-electron chi connectivity index (χ4n) is 3.13. The van der Waals surface area contributed by atoms with Crippen LogP contribution < -0.4 is 10.6 Å². The van der Waals surface area contributed by atoms with Crippen molar-refractivity contribution in [3.05, 3.63) is 53.1 Å². The van der Waals surface area contributed by atoms with Crippen LogP contribution in [0.5, 0.6) is 11.5 Å². The van der Waals surface area contributed by atoms with Crippen LogP contribution in [0.25, 0.3) is 0 Å². The molecule has 170 valence electrons. The number of phenols is 2. The van der Waals surface area contributed by atoms with E-state index in [0.29, 0.717) is 25.6 Å². The summed E-state index contributed by atoms with van der Waals surface area (Å²) in [5, 5.41) is 25.1. The summed E-state index contributed by atoms with van der Waals surface area (Å²) in [4.78, 5) is 12.2. The van der Waals surface area contributed by atoms with Gasteiger partial charge in [-0.25, -0.2) is 0 Å². The highest BCUT2D eigenvalue weighted by Crippen LogP contribution is 2.36. The first-order valence-corrected chi connectivity index (χ1v) is 10.0. The van der Waals surface area contributed by atoms with Gasteiger partial charge < -0.3 is 20.8 Å². The van der Waals surface area contributed by atoms with Crippen molar-refractivity contribution in [2.45, 2.75) is 45.7 Å². The summed E-state index contributed by atoms with van der Waals surface area (Å²) in [6.45, 7) is 9.09. The molecule has 4 N–H and O–H groups in total. The Kier molecular flexibility index (Phi) is 7.46. The molecule has 0 aliphatic carbocycles. The molecule has 8 heteroatoms. The molecule has 1 amide bonds. The van der Waals surface area contributed by atoms with E-state index in [2.05, 4.69) is 31.4 Å². The van der Waals surface area contributed by atoms with E-state index in [-0.39, 0.29) is 22.6 Å². The number of nitrogens with one attached hydrogen (secondary N) is 2. The van der Waals surface area contributed by atoms with E-state index in [9.17, 15) is 28.2 Å². The lowest BCUT2D eigenvalue weighted by atomic mass is 9.85. The predicted molar refractivity (Wildman–Crippen MR) is 115 cm³/mol. The zero-order valence-electron chi connectivity index (χ0n) is 18.1. The van der Waals surface area contributed by atoms with Gasteiger partial charge in [-0.3, -0.25) is 4.79 Å². The van der Waals surface area contributed by atoms with Crippen molar-refractivity contribution in [3.8, 4) is 11.5 Å². The fraction of sp³-hybridized carbons (Fsp3) is 0.435. The normalized spacial score (nSPS) is 13.0. The van der Waals surface area contributed by atoms with Crippen molar-refractivity contribution in [1.82, 2.24) is 5.32 Å². The van der Waals surface area contributed by atoms with Crippen LogP contribution in [0, 0.1) is 5.92 Å². The predicted octanol–water partition coefficient (Wildman–Crippen LogP) is 5.28. The van der Waals surface area contributed by atoms with E-state index in [0.717, 1.165) is 23.4 Å². The highest BCUT2D eigenvalue weighted by Gasteiger charge is 2.34. The molecule has 2 aromatic rings. The van der Waals surface area contributed by atoms with Crippen LogP contribution in [0.1, 0.15) is 55.6 Å². The molecule has 2 aromatic carbocycles. The van der Waals surface area contributed by atoms with Gasteiger partial charge in [0.25, 0.3) is 5.91 Å². The van der Waals surface area contributed by atoms with Crippen molar-refractivity contribution in [2.75, 3.05) is 18.4 Å². The summed E-state index contributed by atoms with van der Waals surface area (Å²) >= 11 is 0. The number of hydrogen-bond acceptors (Lipinski definition) is 4. The summed E-state index contributed by atoms with van der Waals surface area (Å²) in [6, 6.07) is 7.86. The summed E-state index contributed by atoms with van der Waals surface area (Å²) in [6.07, 6.45) is -4.12. The number of rotatable bonds is 7. The van der Waals surface area contributed by atoms with Gasteiger partial charge in [0, 0.05) is 24.3 Å². The smallest absolute Gasteiger partial charge is 0.419 e. The second-order valence-electron chi connectivity index (χ2n) is 8.74. The number of hydrogen-bond donors (Lipinski definition) is 4. The topological polar surface area (TPSA) is 81.6 Å². The summed E-state index contributed by atoms with van der Waals surface area (Å²) in [5.41, 5.74) is 0.361. The summed E-state index contributed by atoms with van der Waals surface area (Å²) in [7, 11) is 0. The van der Waals surface area contributed by atoms with Gasteiger partial charge in [0.1, 0.15) is 11.5 Å². The van der Waals surface area contributed by atoms with Crippen LogP contribution in [-0.4, -0.2) is 29.2 Å². The maximum atomic E-state index is 12.9. The van der Waals surface area contributed by atoms with Gasteiger partial charge in [-0.1, -0.05) is 27.7 Å². The Balaban J connectivity index is 1.89. The monoisotopic (exact) mass is 438 g/mol. The maximum absolute atomic E-state index is 12.9. The van der Waals surface area contributed by atoms with E-state index in [4.69, 9.17) is 0 Å². The van der Waals surface area contributed by atoms with Crippen LogP contribution in [0.3, 0.4) is 0 Å². The van der Waals surface area contributed by atoms with Gasteiger partial charge >= 0.3 is 6.18 Å². The molecule has 5 nitrogen and oxygen atoms in total. The first-order chi connectivity index (χ1) is 14.3. The second-order valence-corrected chi connectivity index (χ2v) is 8.74. The number of benzene rings is 2. The van der Waals surface area contributed by atoms with Crippen LogP contribution in [0.4, 0.5) is 18.9 Å². The Labute approximate surface area is 180 Å². The molecule has 0 saturated carbocycles. The third-order valence-corrected chi connectivity index (χ3v) is 4.94. The SMILES string of the molecule is CC(CCNC(=O)c1ccc(O)c(C(F)(F)F)c1)CNc1ccc(O)cc1C(C)(C)C. The molecule has 0 aromatic heterocycles. The zero-order valence-corrected chi connectivity index (χ0v) is 18.1. The number of aromatic hydroxyl groups is 2. The van der Waals surface area contributed by atoms with Crippen LogP contribution >= 0.6 is 0 Å². The van der Waals surface area contributed by atoms with Crippen molar-refractivity contribution >= 4 is 11.6 Å². The third kappa shape index (κ3) is 6.80. The largest absolute Gasteiger partial charge is 0.508 e. The number of halogens is 3. The van der Waals surface area contributed by atoms with Gasteiger partial charge in [0.05, 0.1) is 5.56 Å². The average molecular weight is 438 g/mol. The Morgan fingerprint density at radius 3 is 2.32 bits per heavy atom. The number of carbonyl (C=O) groups is 1. The van der Waals surface area contributed by atoms with Crippen molar-refractivity contribution in [3.63, 3.8) is 0 Å². The quantitative estimate of drug-likeness (QED) is 0.443. The first kappa shape index (κ1) is 24.4. The minimum atomic E-state index is -4.74. The molecular weight excluding hydrogens is 409 g/mol. The molecule has 2 rings (SSSR count). The molecule has 0 aliphatic rings. The van der Waals surface area contributed by atoms with Gasteiger partial charge in [0.15, 0.2) is 0 Å². The summed E-state index contributed by atoms with van der Waals surface area (Å²) in [5.74, 6) is -1.16. The van der Waals surface area contributed by atoms with E-state index in [1.54, 1.807) is 12.1 Å². The summed E-state index contributed by atoms with van der Waals surface area (Å²) < 4.78 is 38.7. The Hall–Kier alpha value is -2.90. The van der Waals surface area contributed by atoms with E-state index >= 15 is 0 Å². The molecule has 0 bridgehead atoms. The van der Waals surface area contributed by atoms with Crippen molar-refractivity contribution in [1.29, 1.82) is 0 Å². The van der Waals surface area contributed by atoms with Gasteiger partial charge in [0.2, 0.25) is 0 Å². The fourth-order valence-corrected chi connectivity index (χ4v) is 3.13. The molecule has 0 aliphatic heterocycles. The number of phenolic OH excluding ortho intramolecular Hbond substituents is 2. The van der Waals surface area contributed by atoms with Gasteiger partial charge in [-0.15, -0.1) is 0 Å². The highest BCUT2D eigenvalue weighted by molar-refractivity contribution is 5.94. The Morgan fingerprint density at radius 1 is 1.03 bits per heavy atom. The Morgan fingerprint density at radius 2 is 1.71 bits per heavy atom. The van der Waals surface area contributed by atoms with Crippen LogP contribution in [-0.2, 0) is 11.6 Å². The highest BCUT2D eigenvalue weighted by atomic mass is 19.4. The minimum absolute atomic E-state index is 0.155. The lowest BCUT2D eigenvalue weighted by molar-refractivity contribution is -0.138. The lowest BCUT2D eigenvalue weighted by Crippen LogP contribution is -2.27. The van der Waals surface area contributed by atoms with Crippen molar-refractivity contribution < 1.29 is 28.2 Å². The Bertz CT molecular complexity index is 921. The molecule has 1 unspecified atom stereocenters. The third-order valence-electron chi connectivity index (χ3n) is 4.94. The van der Waals surface area contributed by atoms with E-state index in [1.807, 2.05) is 13.0 Å². The van der Waals surface area contributed by atoms with Crippen LogP contribution in [0.15, 0.2) is 36.4 Å². The maximum Gasteiger partial charge on any atom is 0.419 e. The minimum Gasteiger partial charge on any atom is -0.508 e. The molecule has 0 saturated heterocycles. The zero-order chi connectivity index (χ0) is 23.4. The van der Waals surface area contributed by atoms with Gasteiger partial charge in [-0.05, 0) is 59.7 Å². The van der Waals surface area contributed by atoms with E-state index < -0.39 is 23.4 Å². The lowest BCUT2D eigenvalue weighted by Gasteiger charge is -2.24. The molecule has 1 atom stereocenters. The van der Waals surface area contributed by atoms with E-state index in [1.165, 1.54) is 0 Å². The molecule has 0 heterocycles. The number of amides is 1. The molecule has 0 fully saturated rings. The molecule has 0 spiro atoms. The molecular formula is C23H29F3N2O3. The molecule has 31 heavy (non-hydrogen) atoms. The number of anilines is 1. The number of alkyl halides is 3. The van der Waals surface area contributed by atoms with Crippen molar-refractivity contribution in [2.24, 2.45) is 5.92 Å². The first-order valence-electron chi connectivity index (χ1n) is 10.0. The van der Waals surface area contributed by atoms with Crippen LogP contribution in [0.2, 0.25) is 0 Å². The number of carbonyl (C=O) groups excluding carboxylic acids is 1. The standard InChI is InChI=1S/C23H29F3N2O3/c1-14(13-28-19-7-6-16(29)12-17(19)22(2,3)4)9-10-27-21(31)15-5-8-20(30)18(11-15)23(24,25)26/h5-8,11-12,14,28-30H,9-10,13H2,1-4H3,(H,27,31). The average Bonchev–Trinajstić information content (AvgIpc) is 2.65.